The Kier molecular flexibility index (Phi) is 2.38. The fourth-order valence-corrected chi connectivity index (χ4v) is 1.84. The summed E-state index contributed by atoms with van der Waals surface area (Å²) < 4.78 is 1.75. The number of rotatable bonds is 2. The van der Waals surface area contributed by atoms with Crippen LogP contribution in [0.15, 0.2) is 24.4 Å². The Bertz CT molecular complexity index is 462. The predicted molar refractivity (Wildman–Crippen MR) is 58.8 cm³/mol. The minimum atomic E-state index is 0.733. The van der Waals surface area contributed by atoms with Crippen molar-refractivity contribution in [3.8, 4) is 0 Å². The SMILES string of the molecule is CCc1cn(OC)c2cc(Cl)ccc12. The summed E-state index contributed by atoms with van der Waals surface area (Å²) in [6, 6.07) is 5.86. The number of fused-ring (bicyclic) bond motifs is 1. The van der Waals surface area contributed by atoms with Crippen LogP contribution in [0.3, 0.4) is 0 Å². The van der Waals surface area contributed by atoms with Gasteiger partial charge < -0.3 is 4.84 Å². The average molecular weight is 210 g/mol. The van der Waals surface area contributed by atoms with Crippen molar-refractivity contribution in [2.45, 2.75) is 13.3 Å². The maximum atomic E-state index is 5.93. The molecule has 1 aromatic carbocycles. The largest absolute Gasteiger partial charge is 0.417 e. The molecule has 0 saturated carbocycles. The normalized spacial score (nSPS) is 10.8. The quantitative estimate of drug-likeness (QED) is 0.742. The lowest BCUT2D eigenvalue weighted by Gasteiger charge is -2.01. The molecule has 0 N–H and O–H groups in total. The van der Waals surface area contributed by atoms with Crippen LogP contribution in [0.5, 0.6) is 0 Å². The Labute approximate surface area is 88.0 Å². The molecule has 3 heteroatoms. The molecule has 0 aliphatic rings. The van der Waals surface area contributed by atoms with E-state index in [-0.39, 0.29) is 0 Å². The minimum absolute atomic E-state index is 0.733. The van der Waals surface area contributed by atoms with Gasteiger partial charge in [0, 0.05) is 16.6 Å². The summed E-state index contributed by atoms with van der Waals surface area (Å²) in [7, 11) is 1.65. The third kappa shape index (κ3) is 1.36. The maximum Gasteiger partial charge on any atom is 0.104 e. The molecule has 0 atom stereocenters. The highest BCUT2D eigenvalue weighted by Crippen LogP contribution is 2.24. The van der Waals surface area contributed by atoms with Crippen LogP contribution >= 0.6 is 11.6 Å². The molecule has 0 saturated heterocycles. The van der Waals surface area contributed by atoms with Crippen LogP contribution in [-0.2, 0) is 6.42 Å². The van der Waals surface area contributed by atoms with E-state index in [4.69, 9.17) is 16.4 Å². The average Bonchev–Trinajstić information content (AvgIpc) is 2.55. The molecule has 1 heterocycles. The minimum Gasteiger partial charge on any atom is -0.417 e. The first-order valence-corrected chi connectivity index (χ1v) is 4.98. The van der Waals surface area contributed by atoms with Crippen LogP contribution in [0, 0.1) is 0 Å². The lowest BCUT2D eigenvalue weighted by Crippen LogP contribution is -2.02. The van der Waals surface area contributed by atoms with Crippen molar-refractivity contribution in [1.82, 2.24) is 4.73 Å². The van der Waals surface area contributed by atoms with Gasteiger partial charge >= 0.3 is 0 Å². The van der Waals surface area contributed by atoms with E-state index in [1.54, 1.807) is 11.8 Å². The van der Waals surface area contributed by atoms with Crippen LogP contribution in [0.25, 0.3) is 10.9 Å². The number of aromatic nitrogens is 1. The number of hydrogen-bond donors (Lipinski definition) is 0. The van der Waals surface area contributed by atoms with Crippen molar-refractivity contribution in [3.63, 3.8) is 0 Å². The molecule has 2 aromatic rings. The first-order valence-electron chi connectivity index (χ1n) is 4.60. The highest BCUT2D eigenvalue weighted by molar-refractivity contribution is 6.31. The molecule has 0 fully saturated rings. The van der Waals surface area contributed by atoms with Gasteiger partial charge in [0.05, 0.1) is 5.52 Å². The van der Waals surface area contributed by atoms with Crippen molar-refractivity contribution in [3.05, 3.63) is 35.0 Å². The third-order valence-corrected chi connectivity index (χ3v) is 2.63. The van der Waals surface area contributed by atoms with Gasteiger partial charge in [-0.25, -0.2) is 0 Å². The maximum absolute atomic E-state index is 5.93. The molecule has 0 radical (unpaired) electrons. The van der Waals surface area contributed by atoms with Crippen LogP contribution < -0.4 is 4.84 Å². The zero-order valence-corrected chi connectivity index (χ0v) is 9.01. The molecule has 0 bridgehead atoms. The van der Waals surface area contributed by atoms with E-state index in [0.717, 1.165) is 17.0 Å². The Morgan fingerprint density at radius 3 is 2.86 bits per heavy atom. The zero-order chi connectivity index (χ0) is 10.1. The van der Waals surface area contributed by atoms with E-state index in [0.29, 0.717) is 0 Å². The van der Waals surface area contributed by atoms with Gasteiger partial charge in [0.25, 0.3) is 0 Å². The summed E-state index contributed by atoms with van der Waals surface area (Å²) in [4.78, 5) is 5.22. The van der Waals surface area contributed by atoms with Crippen molar-refractivity contribution >= 4 is 22.5 Å². The molecule has 0 aliphatic heterocycles. The lowest BCUT2D eigenvalue weighted by atomic mass is 10.1. The van der Waals surface area contributed by atoms with E-state index in [9.17, 15) is 0 Å². The third-order valence-electron chi connectivity index (χ3n) is 2.39. The van der Waals surface area contributed by atoms with Gasteiger partial charge in [-0.05, 0) is 24.1 Å². The molecule has 0 aliphatic carbocycles. The molecule has 0 amide bonds. The molecule has 0 unspecified atom stereocenters. The van der Waals surface area contributed by atoms with Crippen LogP contribution in [0.2, 0.25) is 5.02 Å². The summed E-state index contributed by atoms with van der Waals surface area (Å²) in [5.41, 5.74) is 2.30. The van der Waals surface area contributed by atoms with Gasteiger partial charge in [-0.1, -0.05) is 24.6 Å². The second kappa shape index (κ2) is 3.54. The second-order valence-corrected chi connectivity index (χ2v) is 3.61. The van der Waals surface area contributed by atoms with E-state index in [1.165, 1.54) is 10.9 Å². The van der Waals surface area contributed by atoms with Gasteiger partial charge in [-0.3, -0.25) is 0 Å². The molecular formula is C11H12ClNO. The fourth-order valence-electron chi connectivity index (χ4n) is 1.67. The van der Waals surface area contributed by atoms with Gasteiger partial charge in [0.2, 0.25) is 0 Å². The van der Waals surface area contributed by atoms with Crippen LogP contribution in [-0.4, -0.2) is 11.8 Å². The first-order chi connectivity index (χ1) is 6.76. The molecule has 74 valence electrons. The van der Waals surface area contributed by atoms with Gasteiger partial charge in [0.15, 0.2) is 0 Å². The summed E-state index contributed by atoms with van der Waals surface area (Å²) in [5.74, 6) is 0. The van der Waals surface area contributed by atoms with Crippen molar-refractivity contribution in [1.29, 1.82) is 0 Å². The molecule has 0 spiro atoms. The van der Waals surface area contributed by atoms with E-state index in [1.807, 2.05) is 24.4 Å². The highest BCUT2D eigenvalue weighted by Gasteiger charge is 2.07. The van der Waals surface area contributed by atoms with E-state index >= 15 is 0 Å². The molecule has 1 aromatic heterocycles. The molecule has 2 nitrogen and oxygen atoms in total. The monoisotopic (exact) mass is 209 g/mol. The zero-order valence-electron chi connectivity index (χ0n) is 8.25. The van der Waals surface area contributed by atoms with Crippen molar-refractivity contribution in [2.75, 3.05) is 7.11 Å². The topological polar surface area (TPSA) is 14.2 Å². The number of hydrogen-bond acceptors (Lipinski definition) is 1. The predicted octanol–water partition coefficient (Wildman–Crippen LogP) is 2.92. The standard InChI is InChI=1S/C11H12ClNO/c1-3-8-7-13(14-2)11-6-9(12)4-5-10(8)11/h4-7H,3H2,1-2H3. The van der Waals surface area contributed by atoms with Crippen LogP contribution in [0.4, 0.5) is 0 Å². The number of benzene rings is 1. The number of nitrogens with zero attached hydrogens (tertiary/aromatic N) is 1. The van der Waals surface area contributed by atoms with Crippen molar-refractivity contribution in [2.24, 2.45) is 0 Å². The Hall–Kier alpha value is -1.15. The molecular weight excluding hydrogens is 198 g/mol. The van der Waals surface area contributed by atoms with Crippen LogP contribution in [0.1, 0.15) is 12.5 Å². The summed E-state index contributed by atoms with van der Waals surface area (Å²) in [6.45, 7) is 2.13. The van der Waals surface area contributed by atoms with E-state index < -0.39 is 0 Å². The first kappa shape index (κ1) is 9.41. The number of halogens is 1. The summed E-state index contributed by atoms with van der Waals surface area (Å²) in [5, 5.41) is 1.94. The van der Waals surface area contributed by atoms with E-state index in [2.05, 4.69) is 6.92 Å². The Balaban J connectivity index is 2.75. The van der Waals surface area contributed by atoms with Gasteiger partial charge in [-0.15, -0.1) is 0 Å². The lowest BCUT2D eigenvalue weighted by molar-refractivity contribution is 0.179. The number of aryl methyl sites for hydroxylation is 1. The summed E-state index contributed by atoms with van der Waals surface area (Å²) >= 11 is 5.93. The smallest absolute Gasteiger partial charge is 0.104 e. The Morgan fingerprint density at radius 1 is 1.43 bits per heavy atom. The second-order valence-electron chi connectivity index (χ2n) is 3.18. The fraction of sp³-hybridized carbons (Fsp3) is 0.273. The van der Waals surface area contributed by atoms with Crippen molar-refractivity contribution < 1.29 is 4.84 Å². The Morgan fingerprint density at radius 2 is 2.21 bits per heavy atom. The highest BCUT2D eigenvalue weighted by atomic mass is 35.5. The summed E-state index contributed by atoms with van der Waals surface area (Å²) in [6.07, 6.45) is 3.00. The van der Waals surface area contributed by atoms with Gasteiger partial charge in [-0.2, -0.15) is 4.73 Å². The molecule has 14 heavy (non-hydrogen) atoms. The van der Waals surface area contributed by atoms with Gasteiger partial charge in [0.1, 0.15) is 7.11 Å². The molecule has 2 rings (SSSR count).